The fraction of sp³-hybridized carbons (Fsp3) is 0.880. The Labute approximate surface area is 254 Å². The summed E-state index contributed by atoms with van der Waals surface area (Å²) in [7, 11) is 9.28. The molecule has 0 N–H and O–H groups in total. The van der Waals surface area contributed by atoms with Crippen LogP contribution < -0.4 is 9.80 Å². The van der Waals surface area contributed by atoms with Gasteiger partial charge in [0.1, 0.15) is 0 Å². The molecular weight excluding hydrogens is 739 g/mol. The van der Waals surface area contributed by atoms with Crippen molar-refractivity contribution >= 4 is 63.5 Å². The summed E-state index contributed by atoms with van der Waals surface area (Å²) in [6.07, 6.45) is 4.15. The van der Waals surface area contributed by atoms with E-state index in [0.29, 0.717) is 33.4 Å². The summed E-state index contributed by atoms with van der Waals surface area (Å²) >= 11 is 11.2. The molecule has 3 heterocycles. The molecule has 36 heavy (non-hydrogen) atoms. The van der Waals surface area contributed by atoms with Crippen molar-refractivity contribution in [2.45, 2.75) is 115 Å². The number of hydrogen-bond donors (Lipinski definition) is 0. The Balaban J connectivity index is 0.00000145. The van der Waals surface area contributed by atoms with Crippen LogP contribution in [0.3, 0.4) is 0 Å². The van der Waals surface area contributed by atoms with Gasteiger partial charge in [-0.15, -0.1) is 0 Å². The van der Waals surface area contributed by atoms with Gasteiger partial charge in [0.05, 0.1) is 0 Å². The van der Waals surface area contributed by atoms with Gasteiger partial charge in [-0.3, -0.25) is 9.80 Å². The second-order valence-corrected chi connectivity index (χ2v) is 25.1. The molecule has 11 heteroatoms. The summed E-state index contributed by atoms with van der Waals surface area (Å²) in [5.74, 6) is 1.31. The van der Waals surface area contributed by atoms with Gasteiger partial charge in [-0.1, -0.05) is 0 Å². The van der Waals surface area contributed by atoms with E-state index in [2.05, 4.69) is 153 Å². The fourth-order valence-corrected chi connectivity index (χ4v) is 6.31. The van der Waals surface area contributed by atoms with Gasteiger partial charge in [-0.2, -0.15) is 15.0 Å². The molecule has 0 saturated carbocycles. The second-order valence-electron chi connectivity index (χ2n) is 13.0. The van der Waals surface area contributed by atoms with E-state index in [1.165, 1.54) is 0 Å². The molecule has 2 aliphatic rings. The average molecular weight is 785 g/mol. The first kappa shape index (κ1) is 33.1. The molecule has 0 atom stereocenters. The molecule has 1 aromatic rings. The van der Waals surface area contributed by atoms with E-state index < -0.39 is 0 Å². The summed E-state index contributed by atoms with van der Waals surface area (Å²) in [6.45, 7) is 18.5. The molecule has 2 fully saturated rings. The number of likely N-dealkylation sites (tertiary alicyclic amines) is 2. The van der Waals surface area contributed by atoms with Crippen LogP contribution in [0.2, 0.25) is 5.28 Å². The number of hydrogen-bond acceptors (Lipinski definition) is 7. The SMILES string of the molecule is CN(c1nc(Cl)nc(N(C)C2CC(C)(C)N(C)C(C)(C)C2)n1)C1CC(C)(C)N(C)C(C)(C)C1.[I][V][I]. The molecule has 2 saturated heterocycles. The Morgan fingerprint density at radius 3 is 1.19 bits per heavy atom. The molecule has 7 nitrogen and oxygen atoms in total. The van der Waals surface area contributed by atoms with Crippen LogP contribution in [0.1, 0.15) is 81.1 Å². The first-order chi connectivity index (χ1) is 16.3. The van der Waals surface area contributed by atoms with E-state index >= 15 is 0 Å². The monoisotopic (exact) mass is 784 g/mol. The van der Waals surface area contributed by atoms with E-state index in [4.69, 9.17) is 16.6 Å². The number of nitrogens with zero attached hydrogens (tertiary/aromatic N) is 7. The molecular formula is C25H46ClI2N7V. The van der Waals surface area contributed by atoms with Crippen LogP contribution in [0.5, 0.6) is 0 Å². The van der Waals surface area contributed by atoms with Crippen LogP contribution >= 0.6 is 51.6 Å². The van der Waals surface area contributed by atoms with Crippen molar-refractivity contribution in [2.75, 3.05) is 38.0 Å². The van der Waals surface area contributed by atoms with Gasteiger partial charge in [0.15, 0.2) is 0 Å². The van der Waals surface area contributed by atoms with Crippen molar-refractivity contribution < 1.29 is 9.47 Å². The zero-order chi connectivity index (χ0) is 27.9. The molecule has 0 aromatic carbocycles. The third kappa shape index (κ3) is 7.53. The summed E-state index contributed by atoms with van der Waals surface area (Å²) in [4.78, 5) is 23.4. The molecule has 0 amide bonds. The standard InChI is InChI=1S/C25H46ClN7.2HI.V/c1-22(2)13-17(14-23(3,4)32(22)11)30(9)20-27-19(26)28-21(29-20)31(10)18-15-24(5,6)33(12)25(7,8)16-18;;;/h17-18H,13-16H2,1-12H3;2*1H;/q;;;+2/p-2. The van der Waals surface area contributed by atoms with Gasteiger partial charge in [0, 0.05) is 48.3 Å². The third-order valence-corrected chi connectivity index (χ3v) is 9.05. The number of aromatic nitrogens is 3. The first-order valence-corrected chi connectivity index (χ1v) is 22.0. The Morgan fingerprint density at radius 1 is 0.694 bits per heavy atom. The Hall–Kier alpha value is 0.864. The van der Waals surface area contributed by atoms with Crippen molar-refractivity contribution in [3.05, 3.63) is 5.28 Å². The van der Waals surface area contributed by atoms with Crippen molar-refractivity contribution in [1.82, 2.24) is 24.8 Å². The van der Waals surface area contributed by atoms with Gasteiger partial charge in [0.2, 0.25) is 17.2 Å². The number of rotatable bonds is 4. The topological polar surface area (TPSA) is 51.6 Å². The van der Waals surface area contributed by atoms with E-state index in [0.717, 1.165) is 25.7 Å². The van der Waals surface area contributed by atoms with Crippen molar-refractivity contribution in [2.24, 2.45) is 0 Å². The molecule has 0 radical (unpaired) electrons. The molecule has 207 valence electrons. The quantitative estimate of drug-likeness (QED) is 0.325. The first-order valence-electron chi connectivity index (χ1n) is 12.6. The van der Waals surface area contributed by atoms with Crippen LogP contribution in [-0.2, 0) is 9.47 Å². The van der Waals surface area contributed by atoms with Gasteiger partial charge < -0.3 is 9.80 Å². The van der Waals surface area contributed by atoms with Crippen molar-refractivity contribution in [3.8, 4) is 0 Å². The fourth-order valence-electron chi connectivity index (χ4n) is 6.16. The van der Waals surface area contributed by atoms with E-state index in [1.54, 1.807) is 0 Å². The normalized spacial score (nSPS) is 24.0. The summed E-state index contributed by atoms with van der Waals surface area (Å²) in [5, 5.41) is 0.256. The summed E-state index contributed by atoms with van der Waals surface area (Å²) < 4.78 is 0. The third-order valence-electron chi connectivity index (χ3n) is 8.88. The predicted octanol–water partition coefficient (Wildman–Crippen LogP) is 6.47. The van der Waals surface area contributed by atoms with Crippen LogP contribution in [-0.4, -0.2) is 87.2 Å². The maximum atomic E-state index is 6.45. The van der Waals surface area contributed by atoms with Gasteiger partial charge in [-0.05, 0) is 107 Å². The Morgan fingerprint density at radius 2 is 0.944 bits per heavy atom. The Bertz CT molecular complexity index is 797. The molecule has 0 unspecified atom stereocenters. The van der Waals surface area contributed by atoms with Crippen molar-refractivity contribution in [3.63, 3.8) is 0 Å². The second kappa shape index (κ2) is 12.2. The zero-order valence-corrected chi connectivity index (χ0v) is 30.7. The molecule has 1 aromatic heterocycles. The summed E-state index contributed by atoms with van der Waals surface area (Å²) in [5.41, 5.74) is 0.343. The zero-order valence-electron chi connectivity index (χ0n) is 24.2. The van der Waals surface area contributed by atoms with Crippen LogP contribution in [0.25, 0.3) is 0 Å². The van der Waals surface area contributed by atoms with Gasteiger partial charge >= 0.3 is 49.4 Å². The molecule has 0 spiro atoms. The maximum absolute atomic E-state index is 6.45. The minimum absolute atomic E-state index is 0.0857. The molecule has 3 rings (SSSR count). The van der Waals surface area contributed by atoms with E-state index in [-0.39, 0.29) is 27.4 Å². The minimum atomic E-state index is 0.0857. The molecule has 0 aliphatic carbocycles. The van der Waals surface area contributed by atoms with Gasteiger partial charge in [-0.25, -0.2) is 0 Å². The average Bonchev–Trinajstić information content (AvgIpc) is 2.74. The Kier molecular flexibility index (Phi) is 11.2. The van der Waals surface area contributed by atoms with Crippen LogP contribution in [0.4, 0.5) is 11.9 Å². The summed E-state index contributed by atoms with van der Waals surface area (Å²) in [6, 6.07) is 0.646. The van der Waals surface area contributed by atoms with Crippen molar-refractivity contribution in [1.29, 1.82) is 0 Å². The van der Waals surface area contributed by atoms with Crippen LogP contribution in [0.15, 0.2) is 0 Å². The predicted molar refractivity (Wildman–Crippen MR) is 168 cm³/mol. The van der Waals surface area contributed by atoms with Crippen LogP contribution in [0, 0.1) is 0 Å². The van der Waals surface area contributed by atoms with Gasteiger partial charge in [0.25, 0.3) is 0 Å². The number of halogens is 3. The molecule has 0 bridgehead atoms. The number of piperidine rings is 2. The van der Waals surface area contributed by atoms with E-state index in [1.807, 2.05) is 0 Å². The number of anilines is 2. The molecule has 2 aliphatic heterocycles. The van der Waals surface area contributed by atoms with E-state index in [9.17, 15) is 0 Å².